The van der Waals surface area contributed by atoms with Gasteiger partial charge >= 0.3 is 6.09 Å². The van der Waals surface area contributed by atoms with Crippen LogP contribution in [0.4, 0.5) is 4.79 Å². The molecule has 1 fully saturated rings. The van der Waals surface area contributed by atoms with Crippen LogP contribution in [0.3, 0.4) is 0 Å². The highest BCUT2D eigenvalue weighted by atomic mass is 16.4. The third-order valence-electron chi connectivity index (χ3n) is 3.66. The number of hydrogen-bond donors (Lipinski definition) is 3. The monoisotopic (exact) mass is 263 g/mol. The van der Waals surface area contributed by atoms with Gasteiger partial charge in [-0.25, -0.2) is 4.79 Å². The maximum Gasteiger partial charge on any atom is 0.404 e. The Bertz CT molecular complexity index is 410. The van der Waals surface area contributed by atoms with Crippen molar-refractivity contribution in [3.8, 4) is 0 Å². The molecule has 1 aliphatic rings. The lowest BCUT2D eigenvalue weighted by Gasteiger charge is -2.23. The van der Waals surface area contributed by atoms with Crippen LogP contribution in [-0.2, 0) is 6.54 Å². The summed E-state index contributed by atoms with van der Waals surface area (Å²) in [6.07, 6.45) is 0.00896. The van der Waals surface area contributed by atoms with Crippen LogP contribution in [0.2, 0.25) is 0 Å². The van der Waals surface area contributed by atoms with Gasteiger partial charge in [0.2, 0.25) is 0 Å². The number of hydrogen-bond acceptors (Lipinski definition) is 3. The smallest absolute Gasteiger partial charge is 0.404 e. The third kappa shape index (κ3) is 3.94. The van der Waals surface area contributed by atoms with Gasteiger partial charge in [0.25, 0.3) is 0 Å². The van der Waals surface area contributed by atoms with Crippen molar-refractivity contribution in [2.45, 2.75) is 19.0 Å². The van der Waals surface area contributed by atoms with E-state index < -0.39 is 6.09 Å². The van der Waals surface area contributed by atoms with Crippen LogP contribution >= 0.6 is 0 Å². The summed E-state index contributed by atoms with van der Waals surface area (Å²) in [4.78, 5) is 12.9. The average Bonchev–Trinajstić information content (AvgIpc) is 2.80. The molecular weight excluding hydrogens is 242 g/mol. The van der Waals surface area contributed by atoms with Gasteiger partial charge in [-0.05, 0) is 17.9 Å². The van der Waals surface area contributed by atoms with Gasteiger partial charge < -0.3 is 16.2 Å². The molecule has 0 aliphatic carbocycles. The lowest BCUT2D eigenvalue weighted by atomic mass is 10.1. The molecule has 1 heterocycles. The molecule has 0 bridgehead atoms. The number of nitrogens with one attached hydrogen (secondary N) is 1. The van der Waals surface area contributed by atoms with Gasteiger partial charge in [0.1, 0.15) is 0 Å². The van der Waals surface area contributed by atoms with E-state index in [2.05, 4.69) is 22.3 Å². The number of carboxylic acid groups (broad SMARTS) is 1. The average molecular weight is 263 g/mol. The molecule has 5 heteroatoms. The van der Waals surface area contributed by atoms with Crippen molar-refractivity contribution in [2.24, 2.45) is 11.7 Å². The minimum absolute atomic E-state index is 0.348. The fraction of sp³-hybridized carbons (Fsp3) is 0.500. The molecule has 1 aromatic rings. The normalized spacial score (nSPS) is 23.4. The lowest BCUT2D eigenvalue weighted by molar-refractivity contribution is 0.192. The zero-order valence-electron chi connectivity index (χ0n) is 11.0. The molecule has 4 N–H and O–H groups in total. The molecule has 0 spiro atoms. The SMILES string of the molecule is NC[C@@H]1C[C@@H](CNC(=O)O)CN1Cc1ccccc1. The van der Waals surface area contributed by atoms with Gasteiger partial charge in [-0.1, -0.05) is 30.3 Å². The highest BCUT2D eigenvalue weighted by Gasteiger charge is 2.30. The minimum Gasteiger partial charge on any atom is -0.465 e. The minimum atomic E-state index is -0.953. The van der Waals surface area contributed by atoms with E-state index in [0.29, 0.717) is 25.0 Å². The zero-order chi connectivity index (χ0) is 13.7. The fourth-order valence-corrected chi connectivity index (χ4v) is 2.73. The highest BCUT2D eigenvalue weighted by molar-refractivity contribution is 5.64. The predicted octanol–water partition coefficient (Wildman–Crippen LogP) is 1.10. The van der Waals surface area contributed by atoms with E-state index in [1.807, 2.05) is 18.2 Å². The first-order valence-corrected chi connectivity index (χ1v) is 6.64. The number of benzene rings is 1. The van der Waals surface area contributed by atoms with Crippen molar-refractivity contribution in [3.05, 3.63) is 35.9 Å². The Kier molecular flexibility index (Phi) is 4.76. The number of amides is 1. The summed E-state index contributed by atoms with van der Waals surface area (Å²) in [7, 11) is 0. The standard InChI is InChI=1S/C14H21N3O2/c15-7-13-6-12(8-16-14(18)19)10-17(13)9-11-4-2-1-3-5-11/h1-5,12-13,16H,6-10,15H2,(H,18,19)/t12-,13-/m0/s1. The van der Waals surface area contributed by atoms with Gasteiger partial charge in [0, 0.05) is 32.2 Å². The second-order valence-electron chi connectivity index (χ2n) is 5.09. The van der Waals surface area contributed by atoms with Crippen LogP contribution in [0.25, 0.3) is 0 Å². The molecule has 2 rings (SSSR count). The van der Waals surface area contributed by atoms with E-state index in [-0.39, 0.29) is 0 Å². The number of rotatable bonds is 5. The summed E-state index contributed by atoms with van der Waals surface area (Å²) in [5.41, 5.74) is 7.09. The Morgan fingerprint density at radius 2 is 2.16 bits per heavy atom. The van der Waals surface area contributed by atoms with Crippen LogP contribution < -0.4 is 11.1 Å². The van der Waals surface area contributed by atoms with Crippen LogP contribution in [0, 0.1) is 5.92 Å². The van der Waals surface area contributed by atoms with Crippen LogP contribution in [0.1, 0.15) is 12.0 Å². The molecule has 0 saturated carbocycles. The quantitative estimate of drug-likeness (QED) is 0.743. The Morgan fingerprint density at radius 3 is 2.79 bits per heavy atom. The van der Waals surface area contributed by atoms with E-state index in [0.717, 1.165) is 19.5 Å². The largest absolute Gasteiger partial charge is 0.465 e. The number of nitrogens with zero attached hydrogens (tertiary/aromatic N) is 1. The van der Waals surface area contributed by atoms with Gasteiger partial charge in [0.05, 0.1) is 0 Å². The van der Waals surface area contributed by atoms with Crippen LogP contribution in [-0.4, -0.2) is 41.8 Å². The highest BCUT2D eigenvalue weighted by Crippen LogP contribution is 2.24. The summed E-state index contributed by atoms with van der Waals surface area (Å²) in [5, 5.41) is 11.1. The second-order valence-corrected chi connectivity index (χ2v) is 5.09. The first-order valence-electron chi connectivity index (χ1n) is 6.64. The molecule has 1 saturated heterocycles. The molecule has 1 amide bonds. The molecule has 104 valence electrons. The first kappa shape index (κ1) is 13.8. The fourth-order valence-electron chi connectivity index (χ4n) is 2.73. The molecular formula is C14H21N3O2. The van der Waals surface area contributed by atoms with Crippen LogP contribution in [0.15, 0.2) is 30.3 Å². The van der Waals surface area contributed by atoms with E-state index in [4.69, 9.17) is 10.8 Å². The summed E-state index contributed by atoms with van der Waals surface area (Å²) in [6.45, 7) is 2.91. The molecule has 1 aliphatic heterocycles. The van der Waals surface area contributed by atoms with Crippen molar-refractivity contribution in [2.75, 3.05) is 19.6 Å². The Labute approximate surface area is 113 Å². The topological polar surface area (TPSA) is 78.6 Å². The molecule has 0 unspecified atom stereocenters. The zero-order valence-corrected chi connectivity index (χ0v) is 11.0. The maximum atomic E-state index is 10.5. The molecule has 0 radical (unpaired) electrons. The Hall–Kier alpha value is -1.59. The molecule has 5 nitrogen and oxygen atoms in total. The second kappa shape index (κ2) is 6.54. The van der Waals surface area contributed by atoms with Crippen molar-refractivity contribution in [1.29, 1.82) is 0 Å². The van der Waals surface area contributed by atoms with E-state index >= 15 is 0 Å². The van der Waals surface area contributed by atoms with Gasteiger partial charge in [-0.2, -0.15) is 0 Å². The summed E-state index contributed by atoms with van der Waals surface area (Å²) >= 11 is 0. The van der Waals surface area contributed by atoms with Crippen molar-refractivity contribution < 1.29 is 9.90 Å². The first-order chi connectivity index (χ1) is 9.19. The van der Waals surface area contributed by atoms with Crippen molar-refractivity contribution in [1.82, 2.24) is 10.2 Å². The van der Waals surface area contributed by atoms with E-state index in [1.54, 1.807) is 0 Å². The Morgan fingerprint density at radius 1 is 1.42 bits per heavy atom. The molecule has 19 heavy (non-hydrogen) atoms. The van der Waals surface area contributed by atoms with Gasteiger partial charge in [0.15, 0.2) is 0 Å². The number of likely N-dealkylation sites (tertiary alicyclic amines) is 1. The lowest BCUT2D eigenvalue weighted by Crippen LogP contribution is -2.35. The maximum absolute atomic E-state index is 10.5. The predicted molar refractivity (Wildman–Crippen MR) is 73.8 cm³/mol. The summed E-state index contributed by atoms with van der Waals surface area (Å²) in [5.74, 6) is 0.355. The van der Waals surface area contributed by atoms with E-state index in [1.165, 1.54) is 5.56 Å². The summed E-state index contributed by atoms with van der Waals surface area (Å²) < 4.78 is 0. The summed E-state index contributed by atoms with van der Waals surface area (Å²) in [6, 6.07) is 10.6. The van der Waals surface area contributed by atoms with Gasteiger partial charge in [-0.15, -0.1) is 0 Å². The van der Waals surface area contributed by atoms with Crippen LogP contribution in [0.5, 0.6) is 0 Å². The van der Waals surface area contributed by atoms with Crippen molar-refractivity contribution in [3.63, 3.8) is 0 Å². The molecule has 0 aromatic heterocycles. The van der Waals surface area contributed by atoms with Crippen molar-refractivity contribution >= 4 is 6.09 Å². The molecule has 2 atom stereocenters. The van der Waals surface area contributed by atoms with E-state index in [9.17, 15) is 4.79 Å². The third-order valence-corrected chi connectivity index (χ3v) is 3.66. The molecule has 1 aromatic carbocycles. The number of carbonyl (C=O) groups is 1. The number of nitrogens with two attached hydrogens (primary N) is 1. The van der Waals surface area contributed by atoms with Gasteiger partial charge in [-0.3, -0.25) is 4.90 Å². The Balaban J connectivity index is 1.91.